The monoisotopic (exact) mass is 264 g/mol. The predicted octanol–water partition coefficient (Wildman–Crippen LogP) is 1.61. The second kappa shape index (κ2) is 4.81. The number of anilines is 1. The van der Waals surface area contributed by atoms with Gasteiger partial charge in [-0.1, -0.05) is 0 Å². The van der Waals surface area contributed by atoms with E-state index in [-0.39, 0.29) is 5.91 Å². The first-order valence-corrected chi connectivity index (χ1v) is 6.42. The number of aromatic nitrogens is 2. The van der Waals surface area contributed by atoms with Gasteiger partial charge in [0, 0.05) is 24.0 Å². The van der Waals surface area contributed by atoms with Crippen LogP contribution < -0.4 is 11.1 Å². The average molecular weight is 264 g/mol. The molecule has 18 heavy (non-hydrogen) atoms. The first-order chi connectivity index (χ1) is 8.49. The SMILES string of the molecule is Cc1cc(C(=O)NCc2cnn(C)c2N)sc1C. The van der Waals surface area contributed by atoms with Crippen molar-refractivity contribution in [1.29, 1.82) is 0 Å². The minimum absolute atomic E-state index is 0.0700. The second-order valence-corrected chi connectivity index (χ2v) is 5.47. The zero-order valence-electron chi connectivity index (χ0n) is 10.7. The van der Waals surface area contributed by atoms with E-state index in [2.05, 4.69) is 10.4 Å². The van der Waals surface area contributed by atoms with Gasteiger partial charge < -0.3 is 11.1 Å². The number of hydrogen-bond donors (Lipinski definition) is 2. The molecule has 2 rings (SSSR count). The molecule has 1 amide bonds. The summed E-state index contributed by atoms with van der Waals surface area (Å²) in [6.07, 6.45) is 1.67. The zero-order chi connectivity index (χ0) is 13.3. The Morgan fingerprint density at radius 1 is 1.56 bits per heavy atom. The Morgan fingerprint density at radius 2 is 2.28 bits per heavy atom. The van der Waals surface area contributed by atoms with Gasteiger partial charge >= 0.3 is 0 Å². The summed E-state index contributed by atoms with van der Waals surface area (Å²) in [6.45, 7) is 4.41. The highest BCUT2D eigenvalue weighted by molar-refractivity contribution is 7.14. The average Bonchev–Trinajstić information content (AvgIpc) is 2.83. The number of carbonyl (C=O) groups excluding carboxylic acids is 1. The van der Waals surface area contributed by atoms with Crippen molar-refractivity contribution in [3.63, 3.8) is 0 Å². The van der Waals surface area contributed by atoms with Crippen molar-refractivity contribution in [2.45, 2.75) is 20.4 Å². The van der Waals surface area contributed by atoms with Crippen LogP contribution in [0.3, 0.4) is 0 Å². The van der Waals surface area contributed by atoms with Gasteiger partial charge in [0.25, 0.3) is 5.91 Å². The molecule has 0 radical (unpaired) electrons. The van der Waals surface area contributed by atoms with Crippen LogP contribution in [-0.4, -0.2) is 15.7 Å². The topological polar surface area (TPSA) is 72.9 Å². The molecule has 5 nitrogen and oxygen atoms in total. The Kier molecular flexibility index (Phi) is 3.38. The molecule has 3 N–H and O–H groups in total. The number of carbonyl (C=O) groups is 1. The fraction of sp³-hybridized carbons (Fsp3) is 0.333. The highest BCUT2D eigenvalue weighted by Crippen LogP contribution is 2.20. The summed E-state index contributed by atoms with van der Waals surface area (Å²) < 4.78 is 1.58. The van der Waals surface area contributed by atoms with E-state index in [0.717, 1.165) is 16.0 Å². The van der Waals surface area contributed by atoms with Crippen molar-refractivity contribution in [2.75, 3.05) is 5.73 Å². The number of hydrogen-bond acceptors (Lipinski definition) is 4. The summed E-state index contributed by atoms with van der Waals surface area (Å²) >= 11 is 1.50. The van der Waals surface area contributed by atoms with Crippen LogP contribution in [0.4, 0.5) is 5.82 Å². The molecule has 0 spiro atoms. The summed E-state index contributed by atoms with van der Waals surface area (Å²) in [6, 6.07) is 1.90. The first kappa shape index (κ1) is 12.6. The van der Waals surface area contributed by atoms with Gasteiger partial charge in [0.2, 0.25) is 0 Å². The number of nitrogens with two attached hydrogens (primary N) is 1. The fourth-order valence-corrected chi connectivity index (χ4v) is 2.53. The summed E-state index contributed by atoms with van der Waals surface area (Å²) in [5, 5.41) is 6.88. The van der Waals surface area contributed by atoms with E-state index in [0.29, 0.717) is 12.4 Å². The van der Waals surface area contributed by atoms with E-state index in [9.17, 15) is 4.79 Å². The maximum Gasteiger partial charge on any atom is 0.261 e. The van der Waals surface area contributed by atoms with E-state index in [1.165, 1.54) is 16.2 Å². The van der Waals surface area contributed by atoms with Crippen LogP contribution in [0.15, 0.2) is 12.3 Å². The molecular formula is C12H16N4OS. The molecule has 2 heterocycles. The van der Waals surface area contributed by atoms with Crippen LogP contribution in [0, 0.1) is 13.8 Å². The van der Waals surface area contributed by atoms with Gasteiger partial charge in [0.05, 0.1) is 11.1 Å². The summed E-state index contributed by atoms with van der Waals surface area (Å²) in [4.78, 5) is 13.8. The van der Waals surface area contributed by atoms with Crippen molar-refractivity contribution in [1.82, 2.24) is 15.1 Å². The Morgan fingerprint density at radius 3 is 2.78 bits per heavy atom. The van der Waals surface area contributed by atoms with E-state index >= 15 is 0 Å². The molecule has 0 unspecified atom stereocenters. The van der Waals surface area contributed by atoms with E-state index in [1.54, 1.807) is 17.9 Å². The maximum absolute atomic E-state index is 11.9. The van der Waals surface area contributed by atoms with Gasteiger partial charge in [-0.15, -0.1) is 11.3 Å². The van der Waals surface area contributed by atoms with Gasteiger partial charge in [-0.2, -0.15) is 5.10 Å². The molecule has 6 heteroatoms. The normalized spacial score (nSPS) is 10.6. The van der Waals surface area contributed by atoms with Crippen LogP contribution in [0.1, 0.15) is 25.7 Å². The van der Waals surface area contributed by atoms with Crippen LogP contribution >= 0.6 is 11.3 Å². The standard InChI is InChI=1S/C12H16N4OS/c1-7-4-10(18-8(7)2)12(17)14-5-9-6-15-16(3)11(9)13/h4,6H,5,13H2,1-3H3,(H,14,17). The smallest absolute Gasteiger partial charge is 0.261 e. The van der Waals surface area contributed by atoms with E-state index in [4.69, 9.17) is 5.73 Å². The Hall–Kier alpha value is -1.82. The third-order valence-corrected chi connectivity index (χ3v) is 4.04. The van der Waals surface area contributed by atoms with Gasteiger partial charge in [-0.3, -0.25) is 9.48 Å². The summed E-state index contributed by atoms with van der Waals surface area (Å²) in [5.74, 6) is 0.508. The minimum atomic E-state index is -0.0700. The van der Waals surface area contributed by atoms with Gasteiger partial charge in [-0.05, 0) is 25.5 Å². The molecule has 2 aromatic heterocycles. The molecule has 96 valence electrons. The van der Waals surface area contributed by atoms with Gasteiger partial charge in [0.15, 0.2) is 0 Å². The molecule has 0 aromatic carbocycles. The van der Waals surface area contributed by atoms with Crippen molar-refractivity contribution in [2.24, 2.45) is 7.05 Å². The number of nitrogen functional groups attached to an aromatic ring is 1. The molecule has 0 bridgehead atoms. The lowest BCUT2D eigenvalue weighted by Crippen LogP contribution is -2.22. The number of nitrogens with one attached hydrogen (secondary N) is 1. The zero-order valence-corrected chi connectivity index (χ0v) is 11.5. The fourth-order valence-electron chi connectivity index (χ4n) is 1.58. The molecule has 0 fully saturated rings. The molecular weight excluding hydrogens is 248 g/mol. The van der Waals surface area contributed by atoms with Crippen LogP contribution in [0.2, 0.25) is 0 Å². The molecule has 0 aliphatic heterocycles. The maximum atomic E-state index is 11.9. The highest BCUT2D eigenvalue weighted by atomic mass is 32.1. The third-order valence-electron chi connectivity index (χ3n) is 2.89. The number of amides is 1. The second-order valence-electron chi connectivity index (χ2n) is 4.21. The number of thiophene rings is 1. The lowest BCUT2D eigenvalue weighted by molar-refractivity contribution is 0.0955. The Labute approximate surface area is 110 Å². The van der Waals surface area contributed by atoms with Crippen molar-refractivity contribution < 1.29 is 4.79 Å². The third kappa shape index (κ3) is 2.38. The van der Waals surface area contributed by atoms with E-state index in [1.807, 2.05) is 19.9 Å². The minimum Gasteiger partial charge on any atom is -0.384 e. The number of aryl methyl sites for hydroxylation is 3. The van der Waals surface area contributed by atoms with Crippen molar-refractivity contribution in [3.8, 4) is 0 Å². The van der Waals surface area contributed by atoms with Crippen molar-refractivity contribution >= 4 is 23.1 Å². The number of nitrogens with zero attached hydrogens (tertiary/aromatic N) is 2. The van der Waals surface area contributed by atoms with Gasteiger partial charge in [-0.25, -0.2) is 0 Å². The molecule has 0 saturated carbocycles. The van der Waals surface area contributed by atoms with Crippen LogP contribution in [0.5, 0.6) is 0 Å². The predicted molar refractivity (Wildman–Crippen MR) is 72.6 cm³/mol. The van der Waals surface area contributed by atoms with Crippen molar-refractivity contribution in [3.05, 3.63) is 33.1 Å². The molecule has 2 aromatic rings. The van der Waals surface area contributed by atoms with Crippen LogP contribution in [-0.2, 0) is 13.6 Å². The molecule has 0 atom stereocenters. The van der Waals surface area contributed by atoms with Gasteiger partial charge in [0.1, 0.15) is 5.82 Å². The summed E-state index contributed by atoms with van der Waals surface area (Å²) in [5.41, 5.74) is 7.78. The molecule has 0 aliphatic rings. The first-order valence-electron chi connectivity index (χ1n) is 5.60. The van der Waals surface area contributed by atoms with Crippen LogP contribution in [0.25, 0.3) is 0 Å². The van der Waals surface area contributed by atoms with E-state index < -0.39 is 0 Å². The Balaban J connectivity index is 2.02. The lowest BCUT2D eigenvalue weighted by Gasteiger charge is -2.02. The highest BCUT2D eigenvalue weighted by Gasteiger charge is 2.11. The quantitative estimate of drug-likeness (QED) is 0.884. The largest absolute Gasteiger partial charge is 0.384 e. The summed E-state index contributed by atoms with van der Waals surface area (Å²) in [7, 11) is 1.77. The molecule has 0 aliphatic carbocycles. The Bertz CT molecular complexity index is 565. The lowest BCUT2D eigenvalue weighted by atomic mass is 10.2. The molecule has 0 saturated heterocycles. The number of rotatable bonds is 3.